The van der Waals surface area contributed by atoms with Crippen molar-refractivity contribution >= 4 is 65.6 Å². The first kappa shape index (κ1) is 31.7. The van der Waals surface area contributed by atoms with E-state index in [0.717, 1.165) is 44.4 Å². The van der Waals surface area contributed by atoms with Crippen LogP contribution in [-0.2, 0) is 0 Å². The molecular formula is C54H34N2O. The van der Waals surface area contributed by atoms with Gasteiger partial charge in [0.15, 0.2) is 0 Å². The summed E-state index contributed by atoms with van der Waals surface area (Å²) in [6.45, 7) is 0. The van der Waals surface area contributed by atoms with Crippen LogP contribution in [0.5, 0.6) is 0 Å². The Morgan fingerprint density at radius 3 is 1.61 bits per heavy atom. The highest BCUT2D eigenvalue weighted by molar-refractivity contribution is 6.20. The Balaban J connectivity index is 0.977. The second kappa shape index (κ2) is 12.5. The molecule has 0 aliphatic carbocycles. The van der Waals surface area contributed by atoms with Gasteiger partial charge in [0.2, 0.25) is 0 Å². The van der Waals surface area contributed by atoms with Crippen molar-refractivity contribution in [2.45, 2.75) is 0 Å². The normalized spacial score (nSPS) is 11.9. The van der Waals surface area contributed by atoms with Crippen LogP contribution in [0.1, 0.15) is 0 Å². The van der Waals surface area contributed by atoms with Crippen molar-refractivity contribution in [2.75, 3.05) is 0 Å². The zero-order valence-corrected chi connectivity index (χ0v) is 30.9. The Hall–Kier alpha value is -7.62. The van der Waals surface area contributed by atoms with Crippen molar-refractivity contribution in [1.82, 2.24) is 9.13 Å². The number of rotatable bonds is 5. The molecule has 9 aromatic carbocycles. The lowest BCUT2D eigenvalue weighted by Gasteiger charge is -2.14. The fraction of sp³-hybridized carbons (Fsp3) is 0. The van der Waals surface area contributed by atoms with E-state index >= 15 is 0 Å². The smallest absolute Gasteiger partial charge is 0.136 e. The lowest BCUT2D eigenvalue weighted by atomic mass is 9.97. The summed E-state index contributed by atoms with van der Waals surface area (Å²) in [7, 11) is 0. The molecule has 0 aliphatic heterocycles. The van der Waals surface area contributed by atoms with Crippen LogP contribution in [0.3, 0.4) is 0 Å². The van der Waals surface area contributed by atoms with Crippen LogP contribution in [0.15, 0.2) is 211 Å². The van der Waals surface area contributed by atoms with Crippen LogP contribution in [0.25, 0.3) is 110 Å². The van der Waals surface area contributed by atoms with Gasteiger partial charge in [-0.3, -0.25) is 0 Å². The van der Waals surface area contributed by atoms with E-state index < -0.39 is 0 Å². The Kier molecular flexibility index (Phi) is 6.93. The average Bonchev–Trinajstić information content (AvgIpc) is 3.94. The third kappa shape index (κ3) is 4.86. The molecule has 0 bridgehead atoms. The van der Waals surface area contributed by atoms with Gasteiger partial charge in [0.05, 0.1) is 22.1 Å². The first-order valence-electron chi connectivity index (χ1n) is 19.5. The van der Waals surface area contributed by atoms with Gasteiger partial charge in [0, 0.05) is 49.3 Å². The first-order chi connectivity index (χ1) is 28.3. The Labute approximate surface area is 328 Å². The van der Waals surface area contributed by atoms with Crippen molar-refractivity contribution in [2.24, 2.45) is 0 Å². The summed E-state index contributed by atoms with van der Waals surface area (Å²) < 4.78 is 11.0. The monoisotopic (exact) mass is 726 g/mol. The molecule has 0 N–H and O–H groups in total. The fourth-order valence-corrected chi connectivity index (χ4v) is 9.17. The molecule has 0 radical (unpaired) electrons. The summed E-state index contributed by atoms with van der Waals surface area (Å²) in [6, 6.07) is 74.5. The first-order valence-corrected chi connectivity index (χ1v) is 19.5. The average molecular weight is 727 g/mol. The van der Waals surface area contributed by atoms with Crippen molar-refractivity contribution in [1.29, 1.82) is 0 Å². The SMILES string of the molecule is c1ccc(-n2c3ccccc3c3c(-c4cccc5c6ccccc6n(-c6ccc(-c7ccc(-c8ccc9c(c8)oc8ccccc89)cc7)cc6)c45)cccc32)cc1. The predicted molar refractivity (Wildman–Crippen MR) is 239 cm³/mol. The number of aromatic nitrogens is 2. The van der Waals surface area contributed by atoms with Gasteiger partial charge in [-0.25, -0.2) is 0 Å². The highest BCUT2D eigenvalue weighted by Crippen LogP contribution is 2.44. The molecule has 12 rings (SSSR count). The van der Waals surface area contributed by atoms with E-state index in [-0.39, 0.29) is 0 Å². The maximum Gasteiger partial charge on any atom is 0.136 e. The molecule has 3 nitrogen and oxygen atoms in total. The van der Waals surface area contributed by atoms with Gasteiger partial charge in [0.25, 0.3) is 0 Å². The maximum absolute atomic E-state index is 6.19. The summed E-state index contributed by atoms with van der Waals surface area (Å²) in [4.78, 5) is 0. The topological polar surface area (TPSA) is 23.0 Å². The molecule has 0 saturated heterocycles. The Bertz CT molecular complexity index is 3490. The maximum atomic E-state index is 6.19. The van der Waals surface area contributed by atoms with Crippen molar-refractivity contribution < 1.29 is 4.42 Å². The van der Waals surface area contributed by atoms with Crippen molar-refractivity contribution in [3.63, 3.8) is 0 Å². The van der Waals surface area contributed by atoms with Crippen LogP contribution >= 0.6 is 0 Å². The molecule has 0 unspecified atom stereocenters. The van der Waals surface area contributed by atoms with Crippen LogP contribution in [0.4, 0.5) is 0 Å². The molecule has 3 heteroatoms. The molecule has 3 heterocycles. The third-order valence-electron chi connectivity index (χ3n) is 11.8. The predicted octanol–water partition coefficient (Wildman–Crippen LogP) is 14.8. The second-order valence-corrected chi connectivity index (χ2v) is 14.9. The third-order valence-corrected chi connectivity index (χ3v) is 11.8. The summed E-state index contributed by atoms with van der Waals surface area (Å²) >= 11 is 0. The van der Waals surface area contributed by atoms with Gasteiger partial charge in [-0.1, -0.05) is 146 Å². The summed E-state index contributed by atoms with van der Waals surface area (Å²) in [5, 5.41) is 7.30. The zero-order chi connectivity index (χ0) is 37.5. The molecular weight excluding hydrogens is 693 g/mol. The quantitative estimate of drug-likeness (QED) is 0.173. The number of hydrogen-bond donors (Lipinski definition) is 0. The van der Waals surface area contributed by atoms with Crippen LogP contribution in [0.2, 0.25) is 0 Å². The summed E-state index contributed by atoms with van der Waals surface area (Å²) in [6.07, 6.45) is 0. The molecule has 0 spiro atoms. The van der Waals surface area contributed by atoms with Gasteiger partial charge in [0.1, 0.15) is 11.2 Å². The van der Waals surface area contributed by atoms with E-state index in [1.165, 1.54) is 65.9 Å². The van der Waals surface area contributed by atoms with E-state index in [1.807, 2.05) is 12.1 Å². The number of nitrogens with zero attached hydrogens (tertiary/aromatic N) is 2. The molecule has 0 fully saturated rings. The minimum absolute atomic E-state index is 0.914. The van der Waals surface area contributed by atoms with Gasteiger partial charge in [-0.2, -0.15) is 0 Å². The number of para-hydroxylation sites is 5. The lowest BCUT2D eigenvalue weighted by Crippen LogP contribution is -1.96. The standard InChI is InChI=1S/C54H34N2O/c1-2-12-39(13-3-1)55-49-21-8-5-16-47(49)53-44(17-11-22-50(53)55)46-19-10-18-45-41-14-4-7-20-48(41)56(54(45)46)40-31-28-36(29-32-40)35-24-26-37(27-25-35)38-30-33-43-42-15-6-9-23-51(42)57-52(43)34-38/h1-34H. The molecule has 12 aromatic rings. The van der Waals surface area contributed by atoms with Gasteiger partial charge >= 0.3 is 0 Å². The lowest BCUT2D eigenvalue weighted by molar-refractivity contribution is 0.669. The molecule has 266 valence electrons. The number of benzene rings is 9. The fourth-order valence-electron chi connectivity index (χ4n) is 9.17. The van der Waals surface area contributed by atoms with Gasteiger partial charge < -0.3 is 13.6 Å². The summed E-state index contributed by atoms with van der Waals surface area (Å²) in [5.74, 6) is 0. The largest absolute Gasteiger partial charge is 0.456 e. The zero-order valence-electron chi connectivity index (χ0n) is 30.9. The molecule has 0 atom stereocenters. The van der Waals surface area contributed by atoms with Crippen LogP contribution in [0, 0.1) is 0 Å². The van der Waals surface area contributed by atoms with E-state index in [2.05, 4.69) is 203 Å². The molecule has 0 amide bonds. The number of hydrogen-bond acceptors (Lipinski definition) is 1. The number of furan rings is 1. The van der Waals surface area contributed by atoms with Crippen molar-refractivity contribution in [3.8, 4) is 44.8 Å². The van der Waals surface area contributed by atoms with Crippen molar-refractivity contribution in [3.05, 3.63) is 206 Å². The van der Waals surface area contributed by atoms with E-state index in [0.29, 0.717) is 0 Å². The summed E-state index contributed by atoms with van der Waals surface area (Å²) in [5.41, 5.74) is 16.0. The van der Waals surface area contributed by atoms with Gasteiger partial charge in [-0.05, 0) is 88.5 Å². The minimum Gasteiger partial charge on any atom is -0.456 e. The highest BCUT2D eigenvalue weighted by atomic mass is 16.3. The molecule has 0 aliphatic rings. The highest BCUT2D eigenvalue weighted by Gasteiger charge is 2.21. The van der Waals surface area contributed by atoms with E-state index in [1.54, 1.807) is 0 Å². The molecule has 0 saturated carbocycles. The van der Waals surface area contributed by atoms with E-state index in [9.17, 15) is 0 Å². The van der Waals surface area contributed by atoms with E-state index in [4.69, 9.17) is 4.42 Å². The molecule has 3 aromatic heterocycles. The number of fused-ring (bicyclic) bond motifs is 9. The second-order valence-electron chi connectivity index (χ2n) is 14.9. The molecule has 57 heavy (non-hydrogen) atoms. The minimum atomic E-state index is 0.914. The Morgan fingerprint density at radius 2 is 0.825 bits per heavy atom. The Morgan fingerprint density at radius 1 is 0.298 bits per heavy atom. The van der Waals surface area contributed by atoms with Crippen LogP contribution < -0.4 is 0 Å². The van der Waals surface area contributed by atoms with Gasteiger partial charge in [-0.15, -0.1) is 0 Å². The van der Waals surface area contributed by atoms with Crippen LogP contribution in [-0.4, -0.2) is 9.13 Å².